The van der Waals surface area contributed by atoms with E-state index in [-0.39, 0.29) is 6.54 Å². The number of nitrogens with zero attached hydrogens (tertiary/aromatic N) is 4. The van der Waals surface area contributed by atoms with Gasteiger partial charge >= 0.3 is 5.97 Å². The maximum absolute atomic E-state index is 10.6. The zero-order valence-electron chi connectivity index (χ0n) is 9.27. The van der Waals surface area contributed by atoms with Gasteiger partial charge < -0.3 is 9.67 Å². The van der Waals surface area contributed by atoms with E-state index in [4.69, 9.17) is 5.11 Å². The van der Waals surface area contributed by atoms with Crippen LogP contribution >= 0.6 is 0 Å². The summed E-state index contributed by atoms with van der Waals surface area (Å²) < 4.78 is 1.87. The maximum Gasteiger partial charge on any atom is 0.317 e. The molecule has 6 heteroatoms. The first-order chi connectivity index (χ1) is 7.04. The fourth-order valence-corrected chi connectivity index (χ4v) is 1.26. The molecule has 0 atom stereocenters. The molecule has 0 aliphatic rings. The van der Waals surface area contributed by atoms with Crippen molar-refractivity contribution in [1.29, 1.82) is 0 Å². The number of carboxylic acids is 1. The molecule has 1 aromatic rings. The number of carbonyl (C=O) groups is 1. The van der Waals surface area contributed by atoms with E-state index in [9.17, 15) is 4.79 Å². The molecule has 84 valence electrons. The van der Waals surface area contributed by atoms with Gasteiger partial charge in [-0.05, 0) is 13.5 Å². The van der Waals surface area contributed by atoms with Crippen LogP contribution < -0.4 is 0 Å². The highest BCUT2D eigenvalue weighted by atomic mass is 16.4. The number of hydrogen-bond acceptors (Lipinski definition) is 4. The number of rotatable bonds is 5. The number of aryl methyl sites for hydroxylation is 1. The van der Waals surface area contributed by atoms with Crippen molar-refractivity contribution in [2.45, 2.75) is 20.4 Å². The zero-order chi connectivity index (χ0) is 11.4. The fourth-order valence-electron chi connectivity index (χ4n) is 1.26. The summed E-state index contributed by atoms with van der Waals surface area (Å²) in [4.78, 5) is 12.4. The van der Waals surface area contributed by atoms with Crippen LogP contribution in [0.2, 0.25) is 0 Å². The molecule has 1 rings (SSSR count). The summed E-state index contributed by atoms with van der Waals surface area (Å²) in [5.41, 5.74) is 0. The van der Waals surface area contributed by atoms with Gasteiger partial charge in [0.1, 0.15) is 11.6 Å². The Morgan fingerprint density at radius 3 is 2.60 bits per heavy atom. The fraction of sp³-hybridized carbons (Fsp3) is 0.667. The van der Waals surface area contributed by atoms with Crippen molar-refractivity contribution in [3.63, 3.8) is 0 Å². The number of hydrogen-bond donors (Lipinski definition) is 1. The van der Waals surface area contributed by atoms with Gasteiger partial charge in [-0.3, -0.25) is 9.69 Å². The minimum absolute atomic E-state index is 0.0302. The average molecular weight is 212 g/mol. The minimum atomic E-state index is -0.823. The molecule has 0 saturated carbocycles. The van der Waals surface area contributed by atoms with Crippen LogP contribution in [0.25, 0.3) is 0 Å². The lowest BCUT2D eigenvalue weighted by molar-refractivity contribution is -0.138. The van der Waals surface area contributed by atoms with E-state index < -0.39 is 5.97 Å². The molecule has 0 amide bonds. The molecule has 6 nitrogen and oxygen atoms in total. The van der Waals surface area contributed by atoms with Crippen molar-refractivity contribution in [2.24, 2.45) is 7.05 Å². The SMILES string of the molecule is CCN(CC(=O)O)Cc1nnc(C)n1C. The molecule has 0 spiro atoms. The summed E-state index contributed by atoms with van der Waals surface area (Å²) >= 11 is 0. The van der Waals surface area contributed by atoms with Gasteiger partial charge in [0, 0.05) is 7.05 Å². The van der Waals surface area contributed by atoms with E-state index in [1.165, 1.54) is 0 Å². The molecule has 0 radical (unpaired) electrons. The molecule has 0 saturated heterocycles. The summed E-state index contributed by atoms with van der Waals surface area (Å²) in [5.74, 6) is 0.794. The average Bonchev–Trinajstić information content (AvgIpc) is 2.48. The van der Waals surface area contributed by atoms with Crippen molar-refractivity contribution in [3.8, 4) is 0 Å². The first-order valence-electron chi connectivity index (χ1n) is 4.83. The van der Waals surface area contributed by atoms with E-state index in [1.54, 1.807) is 4.90 Å². The van der Waals surface area contributed by atoms with Crippen LogP contribution in [-0.4, -0.2) is 43.8 Å². The van der Waals surface area contributed by atoms with Gasteiger partial charge in [-0.15, -0.1) is 10.2 Å². The van der Waals surface area contributed by atoms with E-state index in [2.05, 4.69) is 10.2 Å². The Morgan fingerprint density at radius 1 is 1.53 bits per heavy atom. The van der Waals surface area contributed by atoms with E-state index in [0.717, 1.165) is 11.6 Å². The first-order valence-corrected chi connectivity index (χ1v) is 4.83. The molecular formula is C9H16N4O2. The topological polar surface area (TPSA) is 71.2 Å². The Morgan fingerprint density at radius 2 is 2.20 bits per heavy atom. The number of aliphatic carboxylic acids is 1. The van der Waals surface area contributed by atoms with Crippen molar-refractivity contribution in [1.82, 2.24) is 19.7 Å². The normalized spacial score (nSPS) is 10.9. The number of aromatic nitrogens is 3. The molecule has 0 unspecified atom stereocenters. The lowest BCUT2D eigenvalue weighted by Crippen LogP contribution is -2.30. The van der Waals surface area contributed by atoms with Crippen LogP contribution in [0.5, 0.6) is 0 Å². The Hall–Kier alpha value is -1.43. The summed E-state index contributed by atoms with van der Waals surface area (Å²) in [7, 11) is 1.87. The number of likely N-dealkylation sites (N-methyl/N-ethyl adjacent to an activating group) is 1. The van der Waals surface area contributed by atoms with Crippen LogP contribution in [-0.2, 0) is 18.4 Å². The van der Waals surface area contributed by atoms with E-state index in [0.29, 0.717) is 13.1 Å². The third kappa shape index (κ3) is 3.02. The van der Waals surface area contributed by atoms with Gasteiger partial charge in [-0.2, -0.15) is 0 Å². The van der Waals surface area contributed by atoms with E-state index >= 15 is 0 Å². The first kappa shape index (κ1) is 11.6. The van der Waals surface area contributed by atoms with Crippen molar-refractivity contribution >= 4 is 5.97 Å². The number of carboxylic acid groups (broad SMARTS) is 1. The highest BCUT2D eigenvalue weighted by molar-refractivity contribution is 5.69. The quantitative estimate of drug-likeness (QED) is 0.745. The lowest BCUT2D eigenvalue weighted by atomic mass is 10.4. The smallest absolute Gasteiger partial charge is 0.317 e. The molecule has 0 aromatic carbocycles. The Balaban J connectivity index is 2.66. The second-order valence-corrected chi connectivity index (χ2v) is 3.42. The maximum atomic E-state index is 10.6. The standard InChI is InChI=1S/C9H16N4O2/c1-4-13(6-9(14)15)5-8-11-10-7(2)12(8)3/h4-6H2,1-3H3,(H,14,15). The Labute approximate surface area is 88.5 Å². The largest absolute Gasteiger partial charge is 0.480 e. The summed E-state index contributed by atoms with van der Waals surface area (Å²) in [6.07, 6.45) is 0. The highest BCUT2D eigenvalue weighted by Crippen LogP contribution is 2.02. The van der Waals surface area contributed by atoms with Crippen LogP contribution in [0.4, 0.5) is 0 Å². The molecule has 1 heterocycles. The lowest BCUT2D eigenvalue weighted by Gasteiger charge is -2.16. The summed E-state index contributed by atoms with van der Waals surface area (Å²) in [6, 6.07) is 0. The van der Waals surface area contributed by atoms with Crippen LogP contribution in [0.15, 0.2) is 0 Å². The predicted octanol–water partition coefficient (Wildman–Crippen LogP) is 0.0300. The Kier molecular flexibility index (Phi) is 3.79. The molecular weight excluding hydrogens is 196 g/mol. The monoisotopic (exact) mass is 212 g/mol. The zero-order valence-corrected chi connectivity index (χ0v) is 9.27. The molecule has 1 aromatic heterocycles. The highest BCUT2D eigenvalue weighted by Gasteiger charge is 2.12. The van der Waals surface area contributed by atoms with E-state index in [1.807, 2.05) is 25.5 Å². The van der Waals surface area contributed by atoms with Gasteiger partial charge in [0.25, 0.3) is 0 Å². The van der Waals surface area contributed by atoms with Gasteiger partial charge in [-0.1, -0.05) is 6.92 Å². The van der Waals surface area contributed by atoms with Crippen molar-refractivity contribution < 1.29 is 9.90 Å². The van der Waals surface area contributed by atoms with Gasteiger partial charge in [0.2, 0.25) is 0 Å². The molecule has 0 fully saturated rings. The predicted molar refractivity (Wildman–Crippen MR) is 54.3 cm³/mol. The van der Waals surface area contributed by atoms with Gasteiger partial charge in [0.05, 0.1) is 13.1 Å². The summed E-state index contributed by atoms with van der Waals surface area (Å²) in [5, 5.41) is 16.6. The minimum Gasteiger partial charge on any atom is -0.480 e. The van der Waals surface area contributed by atoms with Crippen LogP contribution in [0.1, 0.15) is 18.6 Å². The second kappa shape index (κ2) is 4.88. The molecule has 0 aliphatic carbocycles. The molecule has 1 N–H and O–H groups in total. The third-order valence-corrected chi connectivity index (χ3v) is 2.35. The van der Waals surface area contributed by atoms with Crippen LogP contribution in [0, 0.1) is 6.92 Å². The molecule has 0 bridgehead atoms. The van der Waals surface area contributed by atoms with Gasteiger partial charge in [0.15, 0.2) is 0 Å². The Bertz CT molecular complexity index is 348. The van der Waals surface area contributed by atoms with Gasteiger partial charge in [-0.25, -0.2) is 0 Å². The third-order valence-electron chi connectivity index (χ3n) is 2.35. The van der Waals surface area contributed by atoms with Crippen LogP contribution in [0.3, 0.4) is 0 Å². The molecule has 0 aliphatic heterocycles. The second-order valence-electron chi connectivity index (χ2n) is 3.42. The van der Waals surface area contributed by atoms with Crippen molar-refractivity contribution in [3.05, 3.63) is 11.6 Å². The summed E-state index contributed by atoms with van der Waals surface area (Å²) in [6.45, 7) is 5.01. The molecule has 15 heavy (non-hydrogen) atoms. The van der Waals surface area contributed by atoms with Crippen molar-refractivity contribution in [2.75, 3.05) is 13.1 Å².